The molecule has 0 radical (unpaired) electrons. The molecule has 0 saturated heterocycles. The van der Waals surface area contributed by atoms with E-state index in [0.29, 0.717) is 5.92 Å². The van der Waals surface area contributed by atoms with Gasteiger partial charge in [-0.1, -0.05) is 39.0 Å². The van der Waals surface area contributed by atoms with Crippen LogP contribution in [0.3, 0.4) is 0 Å². The van der Waals surface area contributed by atoms with Gasteiger partial charge in [-0.15, -0.1) is 0 Å². The Hall–Kier alpha value is -1.35. The molecular weight excluding hydrogens is 262 g/mol. The van der Waals surface area contributed by atoms with Crippen LogP contribution in [-0.2, 0) is 0 Å². The highest BCUT2D eigenvalue weighted by Gasteiger charge is 2.66. The van der Waals surface area contributed by atoms with E-state index in [1.807, 2.05) is 42.3 Å². The van der Waals surface area contributed by atoms with Crippen molar-refractivity contribution in [3.63, 3.8) is 0 Å². The predicted molar refractivity (Wildman–Crippen MR) is 82.9 cm³/mol. The molecule has 2 saturated carbocycles. The van der Waals surface area contributed by atoms with Crippen molar-refractivity contribution in [2.45, 2.75) is 45.8 Å². The fraction of sp³-hybridized carbons (Fsp3) is 0.611. The lowest BCUT2D eigenvalue weighted by Crippen LogP contribution is -2.48. The highest BCUT2D eigenvalue weighted by Crippen LogP contribution is 2.66. The van der Waals surface area contributed by atoms with E-state index in [1.54, 1.807) is 0 Å². The number of hydrogen-bond donors (Lipinski definition) is 1. The average Bonchev–Trinajstić information content (AvgIpc) is 2.76. The fourth-order valence-electron chi connectivity index (χ4n) is 4.77. The summed E-state index contributed by atoms with van der Waals surface area (Å²) in [6, 6.07) is 9.67. The van der Waals surface area contributed by atoms with Crippen molar-refractivity contribution in [3.05, 3.63) is 35.9 Å². The van der Waals surface area contributed by atoms with E-state index in [0.717, 1.165) is 18.4 Å². The number of amides is 1. The Morgan fingerprint density at radius 1 is 1.24 bits per heavy atom. The van der Waals surface area contributed by atoms with Gasteiger partial charge in [0.05, 0.1) is 6.10 Å². The third kappa shape index (κ3) is 1.87. The number of carbonyl (C=O) groups excluding carboxylic acids is 1. The Morgan fingerprint density at radius 2 is 1.86 bits per heavy atom. The van der Waals surface area contributed by atoms with E-state index in [9.17, 15) is 9.90 Å². The van der Waals surface area contributed by atoms with Gasteiger partial charge in [-0.05, 0) is 41.7 Å². The summed E-state index contributed by atoms with van der Waals surface area (Å²) in [5.41, 5.74) is 0.795. The summed E-state index contributed by atoms with van der Waals surface area (Å²) in [4.78, 5) is 14.6. The first-order valence-corrected chi connectivity index (χ1v) is 7.79. The number of hydrogen-bond acceptors (Lipinski definition) is 2. The molecule has 0 spiro atoms. The molecule has 0 aromatic heterocycles. The van der Waals surface area contributed by atoms with Crippen molar-refractivity contribution in [2.75, 3.05) is 7.05 Å². The van der Waals surface area contributed by atoms with Crippen molar-refractivity contribution in [2.24, 2.45) is 16.7 Å². The Bertz CT molecular complexity index is 554. The van der Waals surface area contributed by atoms with Crippen LogP contribution in [-0.4, -0.2) is 35.1 Å². The van der Waals surface area contributed by atoms with Crippen molar-refractivity contribution >= 4 is 5.91 Å². The molecule has 2 aliphatic carbocycles. The van der Waals surface area contributed by atoms with Crippen LogP contribution in [0.5, 0.6) is 0 Å². The molecule has 3 heteroatoms. The zero-order valence-electron chi connectivity index (χ0n) is 13.3. The summed E-state index contributed by atoms with van der Waals surface area (Å²) in [5.74, 6) is 0.373. The van der Waals surface area contributed by atoms with Crippen molar-refractivity contribution in [1.29, 1.82) is 0 Å². The molecule has 3 rings (SSSR count). The SMILES string of the molecule is CN(C(=O)c1ccccc1)[C@@H]1C[C@H]2[C@H](O)C[C@]1(C)C2(C)C. The maximum absolute atomic E-state index is 12.7. The molecule has 1 aromatic rings. The van der Waals surface area contributed by atoms with Gasteiger partial charge in [0.2, 0.25) is 0 Å². The topological polar surface area (TPSA) is 40.5 Å². The second-order valence-corrected chi connectivity index (χ2v) is 7.55. The summed E-state index contributed by atoms with van der Waals surface area (Å²) < 4.78 is 0. The van der Waals surface area contributed by atoms with Gasteiger partial charge in [0, 0.05) is 18.7 Å². The lowest BCUT2D eigenvalue weighted by Gasteiger charge is -2.43. The molecule has 2 bridgehead atoms. The normalized spacial score (nSPS) is 36.7. The van der Waals surface area contributed by atoms with Crippen LogP contribution >= 0.6 is 0 Å². The van der Waals surface area contributed by atoms with Crippen molar-refractivity contribution < 1.29 is 9.90 Å². The molecule has 1 aromatic carbocycles. The number of aliphatic hydroxyl groups excluding tert-OH is 1. The summed E-state index contributed by atoms with van der Waals surface area (Å²) >= 11 is 0. The van der Waals surface area contributed by atoms with Gasteiger partial charge in [-0.3, -0.25) is 4.79 Å². The van der Waals surface area contributed by atoms with Gasteiger partial charge in [0.1, 0.15) is 0 Å². The van der Waals surface area contributed by atoms with Crippen LogP contribution in [0.2, 0.25) is 0 Å². The van der Waals surface area contributed by atoms with Crippen LogP contribution in [0.1, 0.15) is 44.0 Å². The van der Waals surface area contributed by atoms with Crippen molar-refractivity contribution in [1.82, 2.24) is 4.90 Å². The van der Waals surface area contributed by atoms with Crippen LogP contribution in [0.15, 0.2) is 30.3 Å². The zero-order chi connectivity index (χ0) is 15.4. The zero-order valence-corrected chi connectivity index (χ0v) is 13.3. The molecule has 0 aliphatic heterocycles. The van der Waals surface area contributed by atoms with Gasteiger partial charge in [0.25, 0.3) is 5.91 Å². The lowest BCUT2D eigenvalue weighted by molar-refractivity contribution is 0.0281. The highest BCUT2D eigenvalue weighted by molar-refractivity contribution is 5.94. The number of rotatable bonds is 2. The third-order valence-corrected chi connectivity index (χ3v) is 6.52. The van der Waals surface area contributed by atoms with Gasteiger partial charge in [-0.2, -0.15) is 0 Å². The van der Waals surface area contributed by atoms with Gasteiger partial charge in [-0.25, -0.2) is 0 Å². The maximum atomic E-state index is 12.7. The first kappa shape index (κ1) is 14.6. The second-order valence-electron chi connectivity index (χ2n) is 7.55. The maximum Gasteiger partial charge on any atom is 0.253 e. The largest absolute Gasteiger partial charge is 0.393 e. The van der Waals surface area contributed by atoms with E-state index < -0.39 is 0 Å². The molecule has 0 unspecified atom stereocenters. The number of nitrogens with zero attached hydrogens (tertiary/aromatic N) is 1. The van der Waals surface area contributed by atoms with Crippen LogP contribution in [0.25, 0.3) is 0 Å². The quantitative estimate of drug-likeness (QED) is 0.908. The molecule has 3 nitrogen and oxygen atoms in total. The summed E-state index contributed by atoms with van der Waals surface area (Å²) in [7, 11) is 1.91. The minimum absolute atomic E-state index is 0.0176. The van der Waals surface area contributed by atoms with E-state index in [1.165, 1.54) is 0 Å². The fourth-order valence-corrected chi connectivity index (χ4v) is 4.77. The first-order chi connectivity index (χ1) is 9.79. The highest BCUT2D eigenvalue weighted by atomic mass is 16.3. The molecule has 2 fully saturated rings. The number of aliphatic hydroxyl groups is 1. The Morgan fingerprint density at radius 3 is 2.33 bits per heavy atom. The molecule has 1 N–H and O–H groups in total. The van der Waals surface area contributed by atoms with Crippen LogP contribution in [0, 0.1) is 16.7 Å². The van der Waals surface area contributed by atoms with E-state index >= 15 is 0 Å². The monoisotopic (exact) mass is 287 g/mol. The predicted octanol–water partition coefficient (Wildman–Crippen LogP) is 2.94. The van der Waals surface area contributed by atoms with E-state index in [-0.39, 0.29) is 28.9 Å². The molecule has 0 heterocycles. The Balaban J connectivity index is 1.88. The summed E-state index contributed by atoms with van der Waals surface area (Å²) in [6.07, 6.45) is 1.48. The number of fused-ring (bicyclic) bond motifs is 2. The third-order valence-electron chi connectivity index (χ3n) is 6.52. The van der Waals surface area contributed by atoms with Crippen LogP contribution in [0.4, 0.5) is 0 Å². The molecule has 114 valence electrons. The van der Waals surface area contributed by atoms with E-state index in [2.05, 4.69) is 20.8 Å². The van der Waals surface area contributed by atoms with E-state index in [4.69, 9.17) is 0 Å². The second kappa shape index (κ2) is 4.57. The Kier molecular flexibility index (Phi) is 3.17. The molecular formula is C18H25NO2. The summed E-state index contributed by atoms with van der Waals surface area (Å²) in [5, 5.41) is 10.3. The Labute approximate surface area is 127 Å². The van der Waals surface area contributed by atoms with Gasteiger partial charge in [0.15, 0.2) is 0 Å². The smallest absolute Gasteiger partial charge is 0.253 e. The van der Waals surface area contributed by atoms with Crippen molar-refractivity contribution in [3.8, 4) is 0 Å². The van der Waals surface area contributed by atoms with Crippen LogP contribution < -0.4 is 0 Å². The first-order valence-electron chi connectivity index (χ1n) is 7.79. The molecule has 21 heavy (non-hydrogen) atoms. The van der Waals surface area contributed by atoms with Gasteiger partial charge >= 0.3 is 0 Å². The average molecular weight is 287 g/mol. The lowest BCUT2D eigenvalue weighted by atomic mass is 9.69. The molecule has 2 aliphatic rings. The standard InChI is InChI=1S/C18H25NO2/c1-17(2)13-10-15(18(17,3)11-14(13)20)19(4)16(21)12-8-6-5-7-9-12/h5-9,13-15,20H,10-11H2,1-4H3/t13-,14+,15+,18-/m0/s1. The number of benzene rings is 1. The summed E-state index contributed by atoms with van der Waals surface area (Å²) in [6.45, 7) is 6.73. The van der Waals surface area contributed by atoms with Gasteiger partial charge < -0.3 is 10.0 Å². The number of carbonyl (C=O) groups is 1. The molecule has 1 amide bonds. The minimum atomic E-state index is -0.221. The molecule has 4 atom stereocenters. The minimum Gasteiger partial charge on any atom is -0.393 e.